The molecule has 338 valence electrons. The highest BCUT2D eigenvalue weighted by atomic mass is 19.4. The Morgan fingerprint density at radius 1 is 1.02 bits per heavy atom. The van der Waals surface area contributed by atoms with Crippen molar-refractivity contribution in [1.29, 1.82) is 0 Å². The molecule has 4 aliphatic rings. The van der Waals surface area contributed by atoms with Gasteiger partial charge >= 0.3 is 6.18 Å². The number of nitrogens with zero attached hydrogens (tertiary/aromatic N) is 5. The van der Waals surface area contributed by atoms with Crippen LogP contribution in [-0.4, -0.2) is 108 Å². The second-order valence-electron chi connectivity index (χ2n) is 17.1. The number of ether oxygens (including phenoxy) is 2. The third-order valence-corrected chi connectivity index (χ3v) is 12.7. The molecule has 1 aliphatic carbocycles. The molecule has 64 heavy (non-hydrogen) atoms. The standard InChI is InChI=1S/C45H50F3N9O7/c1-24(26-16-27(45(46,47)48)18-28(49)17-26)51-40-31-20-36(35(63-4)21-32(31)52-25(2)53-40)64-23-44(10-11-44)22-29(19-38(59)50-3)55-12-14-56(15-13-55)33-7-5-6-30-39(33)43(62)57(42(30)61)34-8-9-37(58)54-41(34)60/h5-7,16-18,20-21,24,29,34H,8-15,19,22-23,49H2,1-4H3,(H,50,59)(H,51,52,53)(H,54,58,60)/t24-,29?,34?/m1/s1. The van der Waals surface area contributed by atoms with E-state index in [4.69, 9.17) is 15.2 Å². The Hall–Kier alpha value is -6.50. The van der Waals surface area contributed by atoms with E-state index in [1.807, 2.05) is 0 Å². The van der Waals surface area contributed by atoms with Crippen LogP contribution in [0.25, 0.3) is 10.9 Å². The number of carbonyl (C=O) groups is 5. The molecule has 4 aromatic rings. The molecule has 0 spiro atoms. The van der Waals surface area contributed by atoms with Crippen LogP contribution in [0.5, 0.6) is 11.5 Å². The van der Waals surface area contributed by atoms with Gasteiger partial charge in [-0.2, -0.15) is 13.2 Å². The third kappa shape index (κ3) is 8.85. The highest BCUT2D eigenvalue weighted by Gasteiger charge is 2.48. The van der Waals surface area contributed by atoms with Gasteiger partial charge in [0.25, 0.3) is 11.8 Å². The first kappa shape index (κ1) is 44.1. The minimum atomic E-state index is -4.57. The number of benzene rings is 3. The Bertz CT molecular complexity index is 2540. The molecule has 8 rings (SSSR count). The van der Waals surface area contributed by atoms with Gasteiger partial charge in [0, 0.05) is 74.7 Å². The zero-order valence-electron chi connectivity index (χ0n) is 35.9. The lowest BCUT2D eigenvalue weighted by Gasteiger charge is -2.41. The summed E-state index contributed by atoms with van der Waals surface area (Å²) in [5.41, 5.74) is 6.70. The van der Waals surface area contributed by atoms with Crippen LogP contribution >= 0.6 is 0 Å². The molecule has 1 aromatic heterocycles. The van der Waals surface area contributed by atoms with E-state index in [2.05, 4.69) is 35.7 Å². The molecule has 3 aromatic carbocycles. The van der Waals surface area contributed by atoms with E-state index in [1.54, 1.807) is 51.2 Å². The largest absolute Gasteiger partial charge is 0.493 e. The highest BCUT2D eigenvalue weighted by molar-refractivity contribution is 6.25. The molecule has 5 N–H and O–H groups in total. The first-order chi connectivity index (χ1) is 30.5. The first-order valence-electron chi connectivity index (χ1n) is 21.2. The van der Waals surface area contributed by atoms with Gasteiger partial charge in [0.1, 0.15) is 17.7 Å². The summed E-state index contributed by atoms with van der Waals surface area (Å²) >= 11 is 0. The second kappa shape index (κ2) is 17.2. The van der Waals surface area contributed by atoms with Crippen LogP contribution in [0.15, 0.2) is 48.5 Å². The summed E-state index contributed by atoms with van der Waals surface area (Å²) in [6.45, 7) is 5.92. The number of nitrogens with one attached hydrogen (secondary N) is 3. The Kier molecular flexibility index (Phi) is 11.9. The quantitative estimate of drug-likeness (QED) is 0.0975. The number of imide groups is 2. The molecule has 3 aliphatic heterocycles. The maximum Gasteiger partial charge on any atom is 0.416 e. The zero-order chi connectivity index (χ0) is 45.7. The van der Waals surface area contributed by atoms with Crippen LogP contribution in [-0.2, 0) is 20.6 Å². The van der Waals surface area contributed by atoms with E-state index in [9.17, 15) is 37.1 Å². The molecule has 0 radical (unpaired) electrons. The number of rotatable bonds is 14. The van der Waals surface area contributed by atoms with E-state index >= 15 is 0 Å². The maximum absolute atomic E-state index is 13.8. The van der Waals surface area contributed by atoms with Crippen molar-refractivity contribution >= 4 is 57.6 Å². The molecule has 2 unspecified atom stereocenters. The van der Waals surface area contributed by atoms with Crippen molar-refractivity contribution in [3.05, 3.63) is 76.6 Å². The number of methoxy groups -OCH3 is 1. The smallest absolute Gasteiger partial charge is 0.416 e. The molecule has 1 saturated carbocycles. The van der Waals surface area contributed by atoms with E-state index < -0.39 is 47.5 Å². The van der Waals surface area contributed by atoms with E-state index in [0.29, 0.717) is 84.5 Å². The highest BCUT2D eigenvalue weighted by Crippen LogP contribution is 2.51. The van der Waals surface area contributed by atoms with Crippen molar-refractivity contribution in [3.8, 4) is 11.5 Å². The number of nitrogen functional groups attached to an aromatic ring is 1. The van der Waals surface area contributed by atoms with Gasteiger partial charge in [-0.15, -0.1) is 0 Å². The monoisotopic (exact) mass is 885 g/mol. The van der Waals surface area contributed by atoms with Gasteiger partial charge in [-0.3, -0.25) is 39.1 Å². The van der Waals surface area contributed by atoms with Crippen LogP contribution in [0.1, 0.15) is 89.2 Å². The Morgan fingerprint density at radius 2 is 1.77 bits per heavy atom. The number of piperidine rings is 1. The van der Waals surface area contributed by atoms with Gasteiger partial charge < -0.3 is 30.7 Å². The molecule has 5 amide bonds. The number of alkyl halides is 3. The summed E-state index contributed by atoms with van der Waals surface area (Å²) in [6, 6.07) is 10.2. The lowest BCUT2D eigenvalue weighted by atomic mass is 9.93. The van der Waals surface area contributed by atoms with E-state index in [0.717, 1.165) is 29.9 Å². The van der Waals surface area contributed by atoms with Crippen molar-refractivity contribution in [3.63, 3.8) is 0 Å². The van der Waals surface area contributed by atoms with Crippen LogP contribution < -0.4 is 36.1 Å². The van der Waals surface area contributed by atoms with Gasteiger partial charge in [-0.1, -0.05) is 6.07 Å². The van der Waals surface area contributed by atoms with Gasteiger partial charge in [0.05, 0.1) is 47.7 Å². The number of piperazine rings is 1. The van der Waals surface area contributed by atoms with Gasteiger partial charge in [0.2, 0.25) is 17.7 Å². The molecule has 0 bridgehead atoms. The predicted octanol–water partition coefficient (Wildman–Crippen LogP) is 5.00. The van der Waals surface area contributed by atoms with Gasteiger partial charge in [-0.25, -0.2) is 9.97 Å². The summed E-state index contributed by atoms with van der Waals surface area (Å²) in [5.74, 6) is -0.617. The molecule has 4 heterocycles. The number of halogens is 3. The number of aryl methyl sites for hydroxylation is 1. The summed E-state index contributed by atoms with van der Waals surface area (Å²) in [6.07, 6.45) is -1.81. The van der Waals surface area contributed by atoms with Crippen molar-refractivity contribution < 1.29 is 46.6 Å². The lowest BCUT2D eigenvalue weighted by Crippen LogP contribution is -2.54. The number of fused-ring (bicyclic) bond motifs is 2. The average Bonchev–Trinajstić information content (AvgIpc) is 3.98. The van der Waals surface area contributed by atoms with Crippen molar-refractivity contribution in [2.24, 2.45) is 5.41 Å². The van der Waals surface area contributed by atoms with Crippen molar-refractivity contribution in [1.82, 2.24) is 30.4 Å². The molecular formula is C45H50F3N9O7. The maximum atomic E-state index is 13.8. The number of hydrogen-bond acceptors (Lipinski definition) is 13. The van der Waals surface area contributed by atoms with E-state index in [1.165, 1.54) is 13.2 Å². The number of carbonyl (C=O) groups excluding carboxylic acids is 5. The summed E-state index contributed by atoms with van der Waals surface area (Å²) < 4.78 is 53.2. The average molecular weight is 886 g/mol. The number of anilines is 3. The lowest BCUT2D eigenvalue weighted by molar-refractivity contribution is -0.138. The normalized spacial score (nSPS) is 19.6. The van der Waals surface area contributed by atoms with Crippen molar-refractivity contribution in [2.75, 3.05) is 62.9 Å². The molecule has 2 saturated heterocycles. The minimum absolute atomic E-state index is 0.00968. The SMILES string of the molecule is CNC(=O)CC(CC1(COc2cc3c(N[C@H](C)c4cc(N)cc(C(F)(F)F)c4)nc(C)nc3cc2OC)CC1)N1CCN(c2cccc3c2C(=O)N(C2CCC(=O)NC2=O)C3=O)CC1. The van der Waals surface area contributed by atoms with Gasteiger partial charge in [-0.05, 0) is 81.5 Å². The summed E-state index contributed by atoms with van der Waals surface area (Å²) in [7, 11) is 3.13. The second-order valence-corrected chi connectivity index (χ2v) is 17.1. The Morgan fingerprint density at radius 3 is 2.44 bits per heavy atom. The fourth-order valence-corrected chi connectivity index (χ4v) is 9.06. The minimum Gasteiger partial charge on any atom is -0.493 e. The molecule has 3 atom stereocenters. The van der Waals surface area contributed by atoms with Crippen LogP contribution in [0.4, 0.5) is 30.4 Å². The van der Waals surface area contributed by atoms with Crippen LogP contribution in [0.2, 0.25) is 0 Å². The first-order valence-corrected chi connectivity index (χ1v) is 21.2. The number of amides is 5. The number of nitrogens with two attached hydrogens (primary N) is 1. The third-order valence-electron chi connectivity index (χ3n) is 12.7. The summed E-state index contributed by atoms with van der Waals surface area (Å²) in [4.78, 5) is 79.2. The Balaban J connectivity index is 0.967. The van der Waals surface area contributed by atoms with Gasteiger partial charge in [0.15, 0.2) is 11.5 Å². The number of aromatic nitrogens is 2. The zero-order valence-corrected chi connectivity index (χ0v) is 35.9. The van der Waals surface area contributed by atoms with Crippen molar-refractivity contribution in [2.45, 2.75) is 76.7 Å². The van der Waals surface area contributed by atoms with Crippen LogP contribution in [0.3, 0.4) is 0 Å². The van der Waals surface area contributed by atoms with E-state index in [-0.39, 0.29) is 53.4 Å². The molecule has 3 fully saturated rings. The topological polar surface area (TPSA) is 201 Å². The number of hydrogen-bond donors (Lipinski definition) is 4. The fraction of sp³-hybridized carbons (Fsp3) is 0.444. The fourth-order valence-electron chi connectivity index (χ4n) is 9.06. The Labute approximate surface area is 367 Å². The molecular weight excluding hydrogens is 836 g/mol. The molecule has 19 heteroatoms. The van der Waals surface area contributed by atoms with Crippen LogP contribution in [0, 0.1) is 12.3 Å². The molecule has 16 nitrogen and oxygen atoms in total. The predicted molar refractivity (Wildman–Crippen MR) is 230 cm³/mol. The summed E-state index contributed by atoms with van der Waals surface area (Å²) in [5, 5.41) is 8.83.